The van der Waals surface area contributed by atoms with E-state index in [-0.39, 0.29) is 0 Å². The molecule has 2 aliphatic heterocycles. The highest BCUT2D eigenvalue weighted by Gasteiger charge is 2.41. The lowest BCUT2D eigenvalue weighted by atomic mass is 9.91. The van der Waals surface area contributed by atoms with E-state index in [9.17, 15) is 0 Å². The SMILES string of the molecule is ClCC1=CSC2=N[C@H]3CCCC[C@H]3N12. The zero-order chi connectivity index (χ0) is 9.54. The normalized spacial score (nSPS) is 35.1. The average molecular weight is 229 g/mol. The van der Waals surface area contributed by atoms with Gasteiger partial charge in [0.1, 0.15) is 0 Å². The van der Waals surface area contributed by atoms with Gasteiger partial charge in [-0.1, -0.05) is 24.6 Å². The number of alkyl halides is 1. The molecule has 0 N–H and O–H groups in total. The van der Waals surface area contributed by atoms with Crippen molar-refractivity contribution in [1.82, 2.24) is 4.90 Å². The minimum atomic E-state index is 0.554. The minimum absolute atomic E-state index is 0.554. The second-order valence-electron chi connectivity index (χ2n) is 4.06. The third-order valence-electron chi connectivity index (χ3n) is 3.25. The second kappa shape index (κ2) is 3.46. The maximum atomic E-state index is 5.93. The Morgan fingerprint density at radius 2 is 2.36 bits per heavy atom. The second-order valence-corrected chi connectivity index (χ2v) is 5.17. The first-order chi connectivity index (χ1) is 6.90. The molecule has 2 atom stereocenters. The molecule has 0 radical (unpaired) electrons. The van der Waals surface area contributed by atoms with Crippen molar-refractivity contribution in [3.05, 3.63) is 11.1 Å². The van der Waals surface area contributed by atoms with Crippen molar-refractivity contribution in [3.8, 4) is 0 Å². The zero-order valence-electron chi connectivity index (χ0n) is 7.95. The van der Waals surface area contributed by atoms with E-state index in [1.54, 1.807) is 11.8 Å². The van der Waals surface area contributed by atoms with Crippen LogP contribution in [0.3, 0.4) is 0 Å². The topological polar surface area (TPSA) is 15.6 Å². The van der Waals surface area contributed by atoms with Crippen LogP contribution in [0.4, 0.5) is 0 Å². The van der Waals surface area contributed by atoms with Crippen LogP contribution in [0, 0.1) is 0 Å². The van der Waals surface area contributed by atoms with Crippen LogP contribution in [0.25, 0.3) is 0 Å². The fourth-order valence-corrected chi connectivity index (χ4v) is 3.88. The number of hydrogen-bond donors (Lipinski definition) is 0. The third kappa shape index (κ3) is 1.22. The summed E-state index contributed by atoms with van der Waals surface area (Å²) in [6.45, 7) is 0. The Morgan fingerprint density at radius 1 is 1.50 bits per heavy atom. The number of rotatable bonds is 1. The number of fused-ring (bicyclic) bond motifs is 3. The number of amidine groups is 1. The summed E-state index contributed by atoms with van der Waals surface area (Å²) in [6, 6.07) is 1.18. The quantitative estimate of drug-likeness (QED) is 0.642. The summed E-state index contributed by atoms with van der Waals surface area (Å²) in [7, 11) is 0. The molecule has 0 unspecified atom stereocenters. The largest absolute Gasteiger partial charge is 0.318 e. The van der Waals surface area contributed by atoms with E-state index in [1.807, 2.05) is 0 Å². The zero-order valence-corrected chi connectivity index (χ0v) is 9.52. The number of aliphatic imine (C=N–C) groups is 1. The molecule has 1 saturated carbocycles. The average Bonchev–Trinajstić information content (AvgIpc) is 2.75. The van der Waals surface area contributed by atoms with E-state index < -0.39 is 0 Å². The lowest BCUT2D eigenvalue weighted by molar-refractivity contribution is 0.285. The first-order valence-electron chi connectivity index (χ1n) is 5.19. The van der Waals surface area contributed by atoms with Crippen molar-refractivity contribution < 1.29 is 0 Å². The van der Waals surface area contributed by atoms with Gasteiger partial charge < -0.3 is 4.90 Å². The van der Waals surface area contributed by atoms with Crippen molar-refractivity contribution in [2.75, 3.05) is 5.88 Å². The minimum Gasteiger partial charge on any atom is -0.318 e. The molecule has 2 nitrogen and oxygen atoms in total. The Kier molecular flexibility index (Phi) is 2.25. The van der Waals surface area contributed by atoms with Crippen LogP contribution in [-0.4, -0.2) is 28.0 Å². The van der Waals surface area contributed by atoms with Crippen molar-refractivity contribution in [2.45, 2.75) is 37.8 Å². The molecule has 0 aromatic heterocycles. The van der Waals surface area contributed by atoms with Crippen LogP contribution < -0.4 is 0 Å². The van der Waals surface area contributed by atoms with Gasteiger partial charge in [0.2, 0.25) is 0 Å². The standard InChI is InChI=1S/C10H13ClN2S/c11-5-7-6-14-10-12-8-3-1-2-4-9(8)13(7)10/h6,8-9H,1-5H2/t8-,9+/m0/s1. The Morgan fingerprint density at radius 3 is 3.21 bits per heavy atom. The molecule has 1 fully saturated rings. The summed E-state index contributed by atoms with van der Waals surface area (Å²) in [5.74, 6) is 0.620. The van der Waals surface area contributed by atoms with E-state index in [0.717, 1.165) is 0 Å². The van der Waals surface area contributed by atoms with Gasteiger partial charge >= 0.3 is 0 Å². The Bertz CT molecular complexity index is 313. The van der Waals surface area contributed by atoms with Crippen molar-refractivity contribution in [3.63, 3.8) is 0 Å². The summed E-state index contributed by atoms with van der Waals surface area (Å²) in [5.41, 5.74) is 1.25. The molecule has 14 heavy (non-hydrogen) atoms. The molecule has 0 aromatic rings. The lowest BCUT2D eigenvalue weighted by Gasteiger charge is -2.31. The van der Waals surface area contributed by atoms with E-state index in [0.29, 0.717) is 18.0 Å². The Labute approximate surface area is 93.4 Å². The van der Waals surface area contributed by atoms with Gasteiger partial charge in [-0.2, -0.15) is 0 Å². The molecule has 1 aliphatic carbocycles. The highest BCUT2D eigenvalue weighted by Crippen LogP contribution is 2.40. The predicted octanol–water partition coefficient (Wildman–Crippen LogP) is 2.80. The smallest absolute Gasteiger partial charge is 0.168 e. The summed E-state index contributed by atoms with van der Waals surface area (Å²) in [4.78, 5) is 7.14. The first-order valence-corrected chi connectivity index (χ1v) is 6.60. The number of allylic oxidation sites excluding steroid dienone is 1. The first kappa shape index (κ1) is 9.10. The van der Waals surface area contributed by atoms with Gasteiger partial charge in [-0.05, 0) is 18.2 Å². The van der Waals surface area contributed by atoms with Crippen LogP contribution in [0.5, 0.6) is 0 Å². The predicted molar refractivity (Wildman–Crippen MR) is 61.7 cm³/mol. The molecule has 76 valence electrons. The molecule has 4 heteroatoms. The van der Waals surface area contributed by atoms with Crippen molar-refractivity contribution in [1.29, 1.82) is 0 Å². The molecule has 0 aromatic carbocycles. The van der Waals surface area contributed by atoms with Gasteiger partial charge in [0.15, 0.2) is 5.17 Å². The summed E-state index contributed by atoms with van der Waals surface area (Å²) in [6.07, 6.45) is 5.24. The fourth-order valence-electron chi connectivity index (χ4n) is 2.59. The van der Waals surface area contributed by atoms with E-state index in [1.165, 1.54) is 36.5 Å². The molecule has 0 bridgehead atoms. The van der Waals surface area contributed by atoms with Gasteiger partial charge in [-0.25, -0.2) is 0 Å². The maximum absolute atomic E-state index is 5.93. The van der Waals surface area contributed by atoms with Crippen LogP contribution in [-0.2, 0) is 0 Å². The summed E-state index contributed by atoms with van der Waals surface area (Å²) < 4.78 is 0. The molecule has 2 heterocycles. The third-order valence-corrected chi connectivity index (χ3v) is 4.43. The van der Waals surface area contributed by atoms with Gasteiger partial charge in [0, 0.05) is 5.70 Å². The molecule has 0 spiro atoms. The Hall–Kier alpha value is -0.150. The molecule has 0 saturated heterocycles. The van der Waals surface area contributed by atoms with Crippen LogP contribution >= 0.6 is 23.4 Å². The van der Waals surface area contributed by atoms with Gasteiger partial charge in [0.25, 0.3) is 0 Å². The highest BCUT2D eigenvalue weighted by molar-refractivity contribution is 8.16. The lowest BCUT2D eigenvalue weighted by Crippen LogP contribution is -2.38. The number of hydrogen-bond acceptors (Lipinski definition) is 3. The van der Waals surface area contributed by atoms with Gasteiger partial charge in [-0.3, -0.25) is 4.99 Å². The Balaban J connectivity index is 1.88. The van der Waals surface area contributed by atoms with E-state index in [4.69, 9.17) is 16.6 Å². The van der Waals surface area contributed by atoms with Gasteiger partial charge in [0.05, 0.1) is 18.0 Å². The number of halogens is 1. The van der Waals surface area contributed by atoms with E-state index in [2.05, 4.69) is 10.3 Å². The van der Waals surface area contributed by atoms with Crippen molar-refractivity contribution >= 4 is 28.5 Å². The molecule has 3 rings (SSSR count). The van der Waals surface area contributed by atoms with Gasteiger partial charge in [-0.15, -0.1) is 11.6 Å². The number of thioether (sulfide) groups is 1. The van der Waals surface area contributed by atoms with Crippen LogP contribution in [0.1, 0.15) is 25.7 Å². The monoisotopic (exact) mass is 228 g/mol. The van der Waals surface area contributed by atoms with Crippen LogP contribution in [0.2, 0.25) is 0 Å². The van der Waals surface area contributed by atoms with Crippen LogP contribution in [0.15, 0.2) is 16.1 Å². The maximum Gasteiger partial charge on any atom is 0.168 e. The summed E-state index contributed by atoms with van der Waals surface area (Å²) in [5, 5.41) is 3.34. The number of nitrogens with zero attached hydrogens (tertiary/aromatic N) is 2. The molecule has 3 aliphatic rings. The molecular formula is C10H13ClN2S. The fraction of sp³-hybridized carbons (Fsp3) is 0.700. The molecule has 0 amide bonds. The van der Waals surface area contributed by atoms with Crippen molar-refractivity contribution in [2.24, 2.45) is 4.99 Å². The highest BCUT2D eigenvalue weighted by atomic mass is 35.5. The summed E-state index contributed by atoms with van der Waals surface area (Å²) >= 11 is 7.67. The molecular weight excluding hydrogens is 216 g/mol. The van der Waals surface area contributed by atoms with E-state index >= 15 is 0 Å².